The fraction of sp³-hybridized carbons (Fsp3) is 1.00. The third-order valence-electron chi connectivity index (χ3n) is 0.530. The molecule has 0 radical (unpaired) electrons. The van der Waals surface area contributed by atoms with Crippen LogP contribution in [0.3, 0.4) is 0 Å². The second-order valence-corrected chi connectivity index (χ2v) is 1.10. The minimum atomic E-state index is 0. The predicted octanol–water partition coefficient (Wildman–Crippen LogP) is 2.68. The van der Waals surface area contributed by atoms with Crippen LogP contribution in [-0.2, 0) is 21.7 Å². The molecule has 0 rings (SSSR count). The number of hydrogen-bond donors (Lipinski definition) is 0. The fourth-order valence-corrected chi connectivity index (χ4v) is 0.177. The van der Waals surface area contributed by atoms with Gasteiger partial charge in [-0.1, -0.05) is 19.8 Å². The van der Waals surface area contributed by atoms with Crippen molar-refractivity contribution in [2.24, 2.45) is 0 Å². The van der Waals surface area contributed by atoms with Gasteiger partial charge in [-0.3, -0.25) is 0 Å². The van der Waals surface area contributed by atoms with Gasteiger partial charge in [0.2, 0.25) is 0 Å². The van der Waals surface area contributed by atoms with E-state index < -0.39 is 0 Å². The van der Waals surface area contributed by atoms with Crippen LogP contribution in [0.2, 0.25) is 0 Å². The smallest absolute Gasteiger partial charge is 0 e. The fourth-order valence-electron chi connectivity index (χ4n) is 0.177. The quantitative estimate of drug-likeness (QED) is 0.602. The first-order chi connectivity index (χ1) is 2.41. The Bertz CT molecular complexity index is 21.5. The van der Waals surface area contributed by atoms with Gasteiger partial charge in [0.15, 0.2) is 0 Å². The third kappa shape index (κ3) is 26.8. The summed E-state index contributed by atoms with van der Waals surface area (Å²) in [5, 5.41) is 0. The second kappa shape index (κ2) is 24.0. The van der Waals surface area contributed by atoms with E-state index in [9.17, 15) is 0 Å². The summed E-state index contributed by atoms with van der Waals surface area (Å²) in [6, 6.07) is 0. The Balaban J connectivity index is -0.0000000267. The van der Waals surface area contributed by atoms with Gasteiger partial charge < -0.3 is 5.73 Å². The molecular weight excluding hydrogens is 181 g/mol. The van der Waals surface area contributed by atoms with Crippen molar-refractivity contribution in [1.82, 2.24) is 0 Å². The molecule has 1 N–H and O–H groups in total. The van der Waals surface area contributed by atoms with Crippen LogP contribution in [0, 0.1) is 0 Å². The van der Waals surface area contributed by atoms with E-state index in [-0.39, 0.29) is 46.5 Å². The van der Waals surface area contributed by atoms with Gasteiger partial charge >= 0.3 is 0 Å². The summed E-state index contributed by atoms with van der Waals surface area (Å²) >= 11 is 0. The minimum Gasteiger partial charge on any atom is -0.677 e. The van der Waals surface area contributed by atoms with Crippen LogP contribution < -0.4 is 0 Å². The van der Waals surface area contributed by atoms with E-state index in [2.05, 4.69) is 6.92 Å². The van der Waals surface area contributed by atoms with Gasteiger partial charge in [0, 0.05) is 21.7 Å². The Kier molecular flexibility index (Phi) is 68.5. The van der Waals surface area contributed by atoms with Gasteiger partial charge in [-0.05, 0) is 0 Å². The molecule has 0 aliphatic heterocycles. The maximum Gasteiger partial charge on any atom is 0 e. The van der Waals surface area contributed by atoms with Crippen molar-refractivity contribution in [3.63, 3.8) is 0 Å². The Labute approximate surface area is 78.5 Å². The van der Waals surface area contributed by atoms with Crippen LogP contribution >= 0.6 is 24.8 Å². The molecule has 1 nitrogen and oxygen atoms in total. The molecule has 0 aromatic heterocycles. The van der Waals surface area contributed by atoms with Crippen LogP contribution in [-0.4, -0.2) is 6.54 Å². The van der Waals surface area contributed by atoms with E-state index in [1.807, 2.05) is 0 Å². The number of unbranched alkanes of at least 4 members (excludes halogenated alkanes) is 1. The Morgan fingerprint density at radius 2 is 1.62 bits per heavy atom. The maximum atomic E-state index is 6.60. The molecule has 0 fully saturated rings. The van der Waals surface area contributed by atoms with Crippen molar-refractivity contribution in [2.75, 3.05) is 6.54 Å². The predicted molar refractivity (Wildman–Crippen MR) is 38.6 cm³/mol. The maximum absolute atomic E-state index is 6.60. The zero-order valence-corrected chi connectivity index (χ0v) is 8.13. The van der Waals surface area contributed by atoms with Gasteiger partial charge in [0.05, 0.1) is 0 Å². The average molecular weight is 193 g/mol. The summed E-state index contributed by atoms with van der Waals surface area (Å²) < 4.78 is 0. The Morgan fingerprint density at radius 1 is 1.25 bits per heavy atom. The normalized spacial score (nSPS) is 5.25. The van der Waals surface area contributed by atoms with Gasteiger partial charge in [0.1, 0.15) is 0 Å². The molecule has 0 atom stereocenters. The molecule has 0 aromatic carbocycles. The molecule has 8 heavy (non-hydrogen) atoms. The molecule has 0 aliphatic carbocycles. The van der Waals surface area contributed by atoms with Gasteiger partial charge in [0.25, 0.3) is 0 Å². The first-order valence-electron chi connectivity index (χ1n) is 2.06. The summed E-state index contributed by atoms with van der Waals surface area (Å²) in [5.74, 6) is 0. The second-order valence-electron chi connectivity index (χ2n) is 1.10. The van der Waals surface area contributed by atoms with E-state index in [1.54, 1.807) is 0 Å². The summed E-state index contributed by atoms with van der Waals surface area (Å²) in [6.07, 6.45) is 2.21. The molecule has 0 aromatic rings. The Morgan fingerprint density at radius 3 is 1.62 bits per heavy atom. The van der Waals surface area contributed by atoms with Crippen molar-refractivity contribution in [3.05, 3.63) is 5.73 Å². The SMILES string of the molecule is CCCC[NH-].Cl.Cl.[Ti]. The summed E-state index contributed by atoms with van der Waals surface area (Å²) in [7, 11) is 0. The van der Waals surface area contributed by atoms with E-state index in [0.29, 0.717) is 6.54 Å². The molecule has 0 unspecified atom stereocenters. The van der Waals surface area contributed by atoms with E-state index in [0.717, 1.165) is 12.8 Å². The molecular formula is C4H12Cl2NTi-. The standard InChI is InChI=1S/C4H10N.2ClH.Ti/c1-2-3-4-5;;;/h5H,2-4H2,1H3;2*1H;/q-1;;;. The molecule has 52 valence electrons. The molecule has 0 heterocycles. The number of hydrogen-bond acceptors (Lipinski definition) is 0. The van der Waals surface area contributed by atoms with E-state index >= 15 is 0 Å². The van der Waals surface area contributed by atoms with E-state index in [1.165, 1.54) is 0 Å². The molecule has 0 aliphatic rings. The first-order valence-corrected chi connectivity index (χ1v) is 2.06. The third-order valence-corrected chi connectivity index (χ3v) is 0.530. The van der Waals surface area contributed by atoms with Gasteiger partial charge in [-0.15, -0.1) is 24.8 Å². The van der Waals surface area contributed by atoms with Crippen LogP contribution in [0.1, 0.15) is 19.8 Å². The van der Waals surface area contributed by atoms with Crippen molar-refractivity contribution in [2.45, 2.75) is 19.8 Å². The number of nitrogens with one attached hydrogen (secondary N) is 1. The van der Waals surface area contributed by atoms with Crippen molar-refractivity contribution in [1.29, 1.82) is 0 Å². The van der Waals surface area contributed by atoms with Crippen molar-refractivity contribution >= 4 is 24.8 Å². The van der Waals surface area contributed by atoms with Crippen molar-refractivity contribution in [3.8, 4) is 0 Å². The van der Waals surface area contributed by atoms with Crippen LogP contribution in [0.5, 0.6) is 0 Å². The topological polar surface area (TPSA) is 23.8 Å². The van der Waals surface area contributed by atoms with E-state index in [4.69, 9.17) is 5.73 Å². The number of rotatable bonds is 2. The van der Waals surface area contributed by atoms with Crippen LogP contribution in [0.4, 0.5) is 0 Å². The first kappa shape index (κ1) is 22.8. The van der Waals surface area contributed by atoms with Crippen LogP contribution in [0.25, 0.3) is 5.73 Å². The van der Waals surface area contributed by atoms with Crippen LogP contribution in [0.15, 0.2) is 0 Å². The molecule has 4 heteroatoms. The molecule has 0 amide bonds. The molecule has 0 saturated carbocycles. The summed E-state index contributed by atoms with van der Waals surface area (Å²) in [5.41, 5.74) is 6.60. The monoisotopic (exact) mass is 192 g/mol. The zero-order chi connectivity index (χ0) is 4.12. The largest absolute Gasteiger partial charge is 0.677 e. The summed E-state index contributed by atoms with van der Waals surface area (Å²) in [6.45, 7) is 2.69. The number of halogens is 2. The molecule has 0 spiro atoms. The van der Waals surface area contributed by atoms with Gasteiger partial charge in [-0.2, -0.15) is 6.54 Å². The average Bonchev–Trinajstić information content (AvgIpc) is 1.41. The molecule has 0 bridgehead atoms. The zero-order valence-electron chi connectivity index (χ0n) is 4.94. The van der Waals surface area contributed by atoms with Gasteiger partial charge in [-0.25, -0.2) is 0 Å². The minimum absolute atomic E-state index is 0. The summed E-state index contributed by atoms with van der Waals surface area (Å²) in [4.78, 5) is 0. The molecule has 0 saturated heterocycles. The Hall–Kier alpha value is 1.25. The van der Waals surface area contributed by atoms with Crippen molar-refractivity contribution < 1.29 is 21.7 Å².